The summed E-state index contributed by atoms with van der Waals surface area (Å²) in [5.41, 5.74) is -0.0275. The van der Waals surface area contributed by atoms with Gasteiger partial charge in [-0.2, -0.15) is 0 Å². The summed E-state index contributed by atoms with van der Waals surface area (Å²) in [7, 11) is -2.97. The van der Waals surface area contributed by atoms with Gasteiger partial charge in [0.15, 0.2) is 5.70 Å². The first-order valence-corrected chi connectivity index (χ1v) is 10.8. The predicted octanol–water partition coefficient (Wildman–Crippen LogP) is 0.463. The zero-order valence-electron chi connectivity index (χ0n) is 12.3. The number of hydrogen-bond acceptors (Lipinski definition) is 7. The van der Waals surface area contributed by atoms with Crippen LogP contribution in [0.2, 0.25) is 0 Å². The van der Waals surface area contributed by atoms with Gasteiger partial charge in [0, 0.05) is 5.25 Å². The highest BCUT2D eigenvalue weighted by Crippen LogP contribution is 2.55. The van der Waals surface area contributed by atoms with Crippen molar-refractivity contribution in [3.05, 3.63) is 9.93 Å². The fourth-order valence-electron chi connectivity index (χ4n) is 2.97. The van der Waals surface area contributed by atoms with Gasteiger partial charge in [0.25, 0.3) is 0 Å². The van der Waals surface area contributed by atoms with Crippen LogP contribution in [0, 0.1) is 5.92 Å². The van der Waals surface area contributed by atoms with Crippen LogP contribution >= 0.6 is 23.5 Å². The van der Waals surface area contributed by atoms with Crippen LogP contribution in [0.4, 0.5) is 0 Å². The van der Waals surface area contributed by atoms with Crippen LogP contribution in [0.1, 0.15) is 19.8 Å². The number of β-lactam (4-membered cyclic amide) rings is 1. The second kappa shape index (κ2) is 5.98. The van der Waals surface area contributed by atoms with Crippen molar-refractivity contribution in [3.8, 4) is 0 Å². The second-order valence-corrected chi connectivity index (χ2v) is 10.9. The van der Waals surface area contributed by atoms with Crippen LogP contribution in [-0.2, 0) is 19.4 Å². The minimum Gasteiger partial charge on any atom is -0.477 e. The molecule has 3 heterocycles. The standard InChI is InChI=1S/C13H17NO6S3/c1-6(15)8-10(16)14-9(12(17)18)13(22-11(8)14)21-7-2-4-23(19,20)5-3-7/h6-8,11,15H,2-5H2,1H3,(H,17,18)/t6-,8+,11-/m1/s1. The molecule has 23 heavy (non-hydrogen) atoms. The molecule has 0 aliphatic carbocycles. The molecule has 1 amide bonds. The number of aliphatic hydroxyl groups is 1. The van der Waals surface area contributed by atoms with Crippen molar-refractivity contribution < 1.29 is 28.2 Å². The number of aliphatic hydroxyl groups excluding tert-OH is 1. The third kappa shape index (κ3) is 3.01. The Labute approximate surface area is 142 Å². The van der Waals surface area contributed by atoms with E-state index in [1.807, 2.05) is 0 Å². The molecule has 7 nitrogen and oxygen atoms in total. The van der Waals surface area contributed by atoms with Crippen molar-refractivity contribution in [1.82, 2.24) is 4.90 Å². The first-order valence-electron chi connectivity index (χ1n) is 7.23. The van der Waals surface area contributed by atoms with Crippen LogP contribution < -0.4 is 0 Å². The van der Waals surface area contributed by atoms with Gasteiger partial charge in [-0.3, -0.25) is 9.69 Å². The van der Waals surface area contributed by atoms with Crippen LogP contribution in [0.5, 0.6) is 0 Å². The van der Waals surface area contributed by atoms with Gasteiger partial charge < -0.3 is 10.2 Å². The molecule has 3 aliphatic heterocycles. The van der Waals surface area contributed by atoms with Crippen LogP contribution in [0.3, 0.4) is 0 Å². The van der Waals surface area contributed by atoms with E-state index in [9.17, 15) is 28.2 Å². The molecule has 3 aliphatic rings. The van der Waals surface area contributed by atoms with E-state index in [2.05, 4.69) is 0 Å². The fourth-order valence-corrected chi connectivity index (χ4v) is 8.08. The van der Waals surface area contributed by atoms with Crippen LogP contribution in [0.25, 0.3) is 0 Å². The van der Waals surface area contributed by atoms with E-state index in [-0.39, 0.29) is 33.7 Å². The number of rotatable bonds is 4. The van der Waals surface area contributed by atoms with Crippen LogP contribution in [0.15, 0.2) is 9.93 Å². The Bertz CT molecular complexity index is 672. The summed E-state index contributed by atoms with van der Waals surface area (Å²) in [6, 6.07) is 0. The monoisotopic (exact) mass is 379 g/mol. The van der Waals surface area contributed by atoms with E-state index in [1.165, 1.54) is 35.3 Å². The molecule has 2 N–H and O–H groups in total. The molecule has 0 unspecified atom stereocenters. The lowest BCUT2D eigenvalue weighted by molar-refractivity contribution is -0.156. The summed E-state index contributed by atoms with van der Waals surface area (Å²) in [6.07, 6.45) is 0.153. The third-order valence-corrected chi connectivity index (χ3v) is 8.90. The first kappa shape index (κ1) is 17.1. The number of aliphatic carboxylic acids is 1. The zero-order valence-corrected chi connectivity index (χ0v) is 14.8. The number of carboxylic acid groups (broad SMARTS) is 1. The van der Waals surface area contributed by atoms with E-state index in [1.54, 1.807) is 0 Å². The summed E-state index contributed by atoms with van der Waals surface area (Å²) in [6.45, 7) is 1.53. The number of sulfone groups is 1. The van der Waals surface area contributed by atoms with Crippen molar-refractivity contribution in [3.63, 3.8) is 0 Å². The number of fused-ring (bicyclic) bond motifs is 1. The molecule has 3 rings (SSSR count). The van der Waals surface area contributed by atoms with E-state index < -0.39 is 27.8 Å². The quantitative estimate of drug-likeness (QED) is 0.678. The summed E-state index contributed by atoms with van der Waals surface area (Å²) >= 11 is 2.64. The highest BCUT2D eigenvalue weighted by Gasteiger charge is 2.57. The molecule has 2 fully saturated rings. The molecule has 0 aromatic rings. The minimum atomic E-state index is -2.97. The fraction of sp³-hybridized carbons (Fsp3) is 0.692. The summed E-state index contributed by atoms with van der Waals surface area (Å²) < 4.78 is 23.5. The summed E-state index contributed by atoms with van der Waals surface area (Å²) in [5.74, 6) is -1.87. The number of carbonyl (C=O) groups excluding carboxylic acids is 1. The number of thioether (sulfide) groups is 2. The molecule has 0 saturated carbocycles. The smallest absolute Gasteiger partial charge is 0.354 e. The van der Waals surface area contributed by atoms with E-state index >= 15 is 0 Å². The van der Waals surface area contributed by atoms with Crippen molar-refractivity contribution in [2.24, 2.45) is 5.92 Å². The van der Waals surface area contributed by atoms with E-state index in [4.69, 9.17) is 0 Å². The third-order valence-electron chi connectivity index (χ3n) is 4.24. The SMILES string of the molecule is C[C@@H](O)[C@H]1C(=O)N2C(C(=O)O)=C(SC3CCS(=O)(=O)CC3)S[C@H]12. The molecule has 0 bridgehead atoms. The average Bonchev–Trinajstić information content (AvgIpc) is 2.75. The van der Waals surface area contributed by atoms with Gasteiger partial charge in [0.2, 0.25) is 5.91 Å². The van der Waals surface area contributed by atoms with Crippen molar-refractivity contribution in [2.75, 3.05) is 11.5 Å². The lowest BCUT2D eigenvalue weighted by Gasteiger charge is -2.43. The Morgan fingerprint density at radius 1 is 1.39 bits per heavy atom. The molecule has 0 radical (unpaired) electrons. The molecule has 10 heteroatoms. The molecule has 2 saturated heterocycles. The topological polar surface area (TPSA) is 112 Å². The summed E-state index contributed by atoms with van der Waals surface area (Å²) in [5, 5.41) is 18.8. The molecule has 0 aromatic heterocycles. The number of hydrogen-bond donors (Lipinski definition) is 2. The number of nitrogens with zero attached hydrogens (tertiary/aromatic N) is 1. The van der Waals surface area contributed by atoms with Crippen molar-refractivity contribution in [2.45, 2.75) is 36.5 Å². The first-order chi connectivity index (χ1) is 10.7. The normalized spacial score (nSPS) is 31.7. The highest BCUT2D eigenvalue weighted by molar-refractivity contribution is 8.23. The Balaban J connectivity index is 1.76. The van der Waals surface area contributed by atoms with Gasteiger partial charge in [-0.15, -0.1) is 11.8 Å². The van der Waals surface area contributed by atoms with Crippen molar-refractivity contribution >= 4 is 45.2 Å². The Hall–Kier alpha value is -0.710. The molecule has 0 spiro atoms. The van der Waals surface area contributed by atoms with Gasteiger partial charge in [-0.25, -0.2) is 13.2 Å². The van der Waals surface area contributed by atoms with Gasteiger partial charge in [-0.1, -0.05) is 11.8 Å². The van der Waals surface area contributed by atoms with Gasteiger partial charge in [0.05, 0.1) is 27.8 Å². The Morgan fingerprint density at radius 3 is 2.52 bits per heavy atom. The molecule has 3 atom stereocenters. The number of carbonyl (C=O) groups is 2. The Morgan fingerprint density at radius 2 is 2.00 bits per heavy atom. The molecule has 0 aromatic carbocycles. The highest BCUT2D eigenvalue weighted by atomic mass is 32.2. The van der Waals surface area contributed by atoms with E-state index in [0.717, 1.165) is 0 Å². The summed E-state index contributed by atoms with van der Waals surface area (Å²) in [4.78, 5) is 24.9. The molecular formula is C13H17NO6S3. The van der Waals surface area contributed by atoms with Gasteiger partial charge in [-0.05, 0) is 19.8 Å². The predicted molar refractivity (Wildman–Crippen MR) is 87.3 cm³/mol. The van der Waals surface area contributed by atoms with Gasteiger partial charge >= 0.3 is 5.97 Å². The largest absolute Gasteiger partial charge is 0.477 e. The lowest BCUT2D eigenvalue weighted by Crippen LogP contribution is -2.60. The maximum atomic E-state index is 12.1. The zero-order chi connectivity index (χ0) is 16.9. The maximum Gasteiger partial charge on any atom is 0.354 e. The second-order valence-electron chi connectivity index (χ2n) is 5.89. The average molecular weight is 379 g/mol. The number of amides is 1. The van der Waals surface area contributed by atoms with Gasteiger partial charge in [0.1, 0.15) is 15.2 Å². The van der Waals surface area contributed by atoms with Crippen LogP contribution in [-0.4, -0.2) is 63.6 Å². The minimum absolute atomic E-state index is 0.0275. The van der Waals surface area contributed by atoms with Crippen molar-refractivity contribution in [1.29, 1.82) is 0 Å². The molecular weight excluding hydrogens is 362 g/mol. The Kier molecular flexibility index (Phi) is 4.45. The number of carboxylic acids is 1. The maximum absolute atomic E-state index is 12.1. The van der Waals surface area contributed by atoms with E-state index in [0.29, 0.717) is 17.1 Å². The molecule has 128 valence electrons. The lowest BCUT2D eigenvalue weighted by atomic mass is 9.92.